The zero-order chi connectivity index (χ0) is 15.0. The van der Waals surface area contributed by atoms with E-state index in [1.165, 1.54) is 18.2 Å². The Morgan fingerprint density at radius 2 is 1.90 bits per heavy atom. The van der Waals surface area contributed by atoms with Crippen LogP contribution in [0.5, 0.6) is 11.8 Å². The fraction of sp³-hybridized carbons (Fsp3) is 0.385. The molecule has 7 heteroatoms. The molecule has 0 atom stereocenters. The predicted molar refractivity (Wildman–Crippen MR) is 71.0 cm³/mol. The Labute approximate surface area is 116 Å². The molecule has 0 saturated heterocycles. The molecule has 0 radical (unpaired) electrons. The van der Waals surface area contributed by atoms with E-state index in [-0.39, 0.29) is 24.1 Å². The highest BCUT2D eigenvalue weighted by Crippen LogP contribution is 2.18. The number of nitrogens with zero attached hydrogens (tertiary/aromatic N) is 1. The van der Waals surface area contributed by atoms with Crippen molar-refractivity contribution in [3.05, 3.63) is 24.8 Å². The fourth-order valence-corrected chi connectivity index (χ4v) is 1.50. The molecular weight excluding hydrogens is 264 g/mol. The standard InChI is InChI=1S/C13H18N2O5/c1-2-10(16)14-9-5-3-4-6-13(19)20-15-11(17)7-8-12(15)18/h2,7-8,17-18H,1,3-6,9H2,(H,14,16). The van der Waals surface area contributed by atoms with Gasteiger partial charge in [0.25, 0.3) is 0 Å². The topological polar surface area (TPSA) is 101 Å². The lowest BCUT2D eigenvalue weighted by Gasteiger charge is -2.06. The molecule has 0 saturated carbocycles. The van der Waals surface area contributed by atoms with E-state index in [9.17, 15) is 19.8 Å². The van der Waals surface area contributed by atoms with Crippen molar-refractivity contribution in [2.45, 2.75) is 25.7 Å². The Kier molecular flexibility index (Phi) is 6.15. The molecule has 0 aliphatic heterocycles. The van der Waals surface area contributed by atoms with Gasteiger partial charge in [0.15, 0.2) is 0 Å². The average Bonchev–Trinajstić information content (AvgIpc) is 2.74. The van der Waals surface area contributed by atoms with Gasteiger partial charge in [-0.3, -0.25) is 4.79 Å². The van der Waals surface area contributed by atoms with Crippen LogP contribution in [0.15, 0.2) is 24.8 Å². The third kappa shape index (κ3) is 5.05. The van der Waals surface area contributed by atoms with E-state index < -0.39 is 5.97 Å². The second kappa shape index (κ2) is 7.88. The maximum atomic E-state index is 11.5. The molecule has 1 amide bonds. The van der Waals surface area contributed by atoms with E-state index in [0.717, 1.165) is 12.8 Å². The van der Waals surface area contributed by atoms with Gasteiger partial charge in [-0.25, -0.2) is 4.79 Å². The maximum Gasteiger partial charge on any atom is 0.333 e. The second-order valence-corrected chi connectivity index (χ2v) is 4.11. The molecule has 0 aliphatic rings. The minimum Gasteiger partial charge on any atom is -0.492 e. The Balaban J connectivity index is 2.15. The van der Waals surface area contributed by atoms with Crippen LogP contribution in [-0.4, -0.2) is 33.4 Å². The van der Waals surface area contributed by atoms with E-state index in [1.54, 1.807) is 0 Å². The highest BCUT2D eigenvalue weighted by Gasteiger charge is 2.11. The van der Waals surface area contributed by atoms with Gasteiger partial charge < -0.3 is 20.4 Å². The van der Waals surface area contributed by atoms with E-state index in [2.05, 4.69) is 11.9 Å². The van der Waals surface area contributed by atoms with Crippen molar-refractivity contribution in [3.8, 4) is 11.8 Å². The van der Waals surface area contributed by atoms with Gasteiger partial charge in [-0.15, -0.1) is 4.73 Å². The monoisotopic (exact) mass is 282 g/mol. The van der Waals surface area contributed by atoms with Crippen molar-refractivity contribution in [2.24, 2.45) is 0 Å². The van der Waals surface area contributed by atoms with Crippen LogP contribution in [-0.2, 0) is 9.59 Å². The van der Waals surface area contributed by atoms with Crippen LogP contribution >= 0.6 is 0 Å². The smallest absolute Gasteiger partial charge is 0.333 e. The number of nitrogens with one attached hydrogen (secondary N) is 1. The molecular formula is C13H18N2O5. The molecule has 110 valence electrons. The molecule has 0 unspecified atom stereocenters. The van der Waals surface area contributed by atoms with Gasteiger partial charge in [0.05, 0.1) is 0 Å². The minimum atomic E-state index is -0.554. The van der Waals surface area contributed by atoms with Crippen LogP contribution in [0.4, 0.5) is 0 Å². The third-order valence-electron chi connectivity index (χ3n) is 2.53. The Morgan fingerprint density at radius 1 is 1.25 bits per heavy atom. The third-order valence-corrected chi connectivity index (χ3v) is 2.53. The summed E-state index contributed by atoms with van der Waals surface area (Å²) in [6, 6.07) is 2.43. The molecule has 0 bridgehead atoms. The molecule has 1 heterocycles. The Morgan fingerprint density at radius 3 is 2.50 bits per heavy atom. The normalized spacial score (nSPS) is 10.0. The highest BCUT2D eigenvalue weighted by atomic mass is 16.7. The molecule has 1 aromatic heterocycles. The highest BCUT2D eigenvalue weighted by molar-refractivity contribution is 5.86. The summed E-state index contributed by atoms with van der Waals surface area (Å²) < 4.78 is 0.659. The van der Waals surface area contributed by atoms with E-state index in [4.69, 9.17) is 4.84 Å². The van der Waals surface area contributed by atoms with Crippen LogP contribution in [0, 0.1) is 0 Å². The summed E-state index contributed by atoms with van der Waals surface area (Å²) in [6.07, 6.45) is 3.44. The maximum absolute atomic E-state index is 11.5. The quantitative estimate of drug-likeness (QED) is 0.482. The van der Waals surface area contributed by atoms with Gasteiger partial charge >= 0.3 is 5.97 Å². The number of aromatic hydroxyl groups is 2. The van der Waals surface area contributed by atoms with Gasteiger partial charge in [0, 0.05) is 25.1 Å². The summed E-state index contributed by atoms with van der Waals surface area (Å²) in [6.45, 7) is 3.86. The SMILES string of the molecule is C=CC(=O)NCCCCCC(=O)On1c(O)ccc1O. The Hall–Kier alpha value is -2.44. The van der Waals surface area contributed by atoms with Gasteiger partial charge in [-0.05, 0) is 18.9 Å². The number of carbonyl (C=O) groups excluding carboxylic acids is 2. The number of amides is 1. The first-order valence-corrected chi connectivity index (χ1v) is 6.25. The average molecular weight is 282 g/mol. The fourth-order valence-electron chi connectivity index (χ4n) is 1.50. The van der Waals surface area contributed by atoms with Crippen molar-refractivity contribution >= 4 is 11.9 Å². The first-order valence-electron chi connectivity index (χ1n) is 6.25. The van der Waals surface area contributed by atoms with Crippen molar-refractivity contribution in [3.63, 3.8) is 0 Å². The first-order chi connectivity index (χ1) is 9.54. The van der Waals surface area contributed by atoms with E-state index in [1.807, 2.05) is 0 Å². The predicted octanol–water partition coefficient (Wildman–Crippen LogP) is 0.717. The summed E-state index contributed by atoms with van der Waals surface area (Å²) in [4.78, 5) is 27.1. The zero-order valence-corrected chi connectivity index (χ0v) is 11.0. The summed E-state index contributed by atoms with van der Waals surface area (Å²) in [7, 11) is 0. The summed E-state index contributed by atoms with van der Waals surface area (Å²) >= 11 is 0. The Bertz CT molecular complexity index is 462. The van der Waals surface area contributed by atoms with Crippen molar-refractivity contribution < 1.29 is 24.6 Å². The first kappa shape index (κ1) is 15.6. The van der Waals surface area contributed by atoms with Crippen molar-refractivity contribution in [1.82, 2.24) is 10.0 Å². The number of hydrogen-bond donors (Lipinski definition) is 3. The van der Waals surface area contributed by atoms with Crippen LogP contribution in [0.3, 0.4) is 0 Å². The molecule has 0 aromatic carbocycles. The number of hydrogen-bond acceptors (Lipinski definition) is 5. The lowest BCUT2D eigenvalue weighted by atomic mass is 10.2. The summed E-state index contributed by atoms with van der Waals surface area (Å²) in [5.41, 5.74) is 0. The zero-order valence-electron chi connectivity index (χ0n) is 11.0. The lowest BCUT2D eigenvalue weighted by Crippen LogP contribution is -2.22. The van der Waals surface area contributed by atoms with Crippen molar-refractivity contribution in [2.75, 3.05) is 6.54 Å². The van der Waals surface area contributed by atoms with Crippen molar-refractivity contribution in [1.29, 1.82) is 0 Å². The van der Waals surface area contributed by atoms with Gasteiger partial charge in [0.2, 0.25) is 17.7 Å². The second-order valence-electron chi connectivity index (χ2n) is 4.11. The van der Waals surface area contributed by atoms with Crippen LogP contribution in [0.25, 0.3) is 0 Å². The van der Waals surface area contributed by atoms with Crippen LogP contribution in [0.2, 0.25) is 0 Å². The van der Waals surface area contributed by atoms with Crippen LogP contribution < -0.4 is 10.2 Å². The van der Waals surface area contributed by atoms with Gasteiger partial charge in [-0.2, -0.15) is 0 Å². The number of rotatable bonds is 8. The number of unbranched alkanes of at least 4 members (excludes halogenated alkanes) is 2. The molecule has 7 nitrogen and oxygen atoms in total. The largest absolute Gasteiger partial charge is 0.492 e. The molecule has 0 spiro atoms. The lowest BCUT2D eigenvalue weighted by molar-refractivity contribution is -0.145. The number of aromatic nitrogens is 1. The summed E-state index contributed by atoms with van der Waals surface area (Å²) in [5, 5.41) is 21.2. The van der Waals surface area contributed by atoms with E-state index in [0.29, 0.717) is 17.7 Å². The summed E-state index contributed by atoms with van der Waals surface area (Å²) in [5.74, 6) is -1.46. The van der Waals surface area contributed by atoms with Gasteiger partial charge in [0.1, 0.15) is 0 Å². The molecule has 0 fully saturated rings. The van der Waals surface area contributed by atoms with Crippen LogP contribution in [0.1, 0.15) is 25.7 Å². The molecule has 1 aromatic rings. The minimum absolute atomic E-state index is 0.159. The van der Waals surface area contributed by atoms with Gasteiger partial charge in [-0.1, -0.05) is 13.0 Å². The molecule has 20 heavy (non-hydrogen) atoms. The molecule has 1 rings (SSSR count). The molecule has 3 N–H and O–H groups in total. The number of carbonyl (C=O) groups is 2. The molecule has 0 aliphatic carbocycles. The van der Waals surface area contributed by atoms with E-state index >= 15 is 0 Å².